The molecule has 35 heavy (non-hydrogen) atoms. The molecule has 192 valence electrons. The van der Waals surface area contributed by atoms with Crippen molar-refractivity contribution in [2.75, 3.05) is 44.1 Å². The van der Waals surface area contributed by atoms with Gasteiger partial charge >= 0.3 is 0 Å². The lowest BCUT2D eigenvalue weighted by Gasteiger charge is -2.33. The number of methoxy groups -OCH3 is 1. The molecule has 8 nitrogen and oxygen atoms in total. The highest BCUT2D eigenvalue weighted by atomic mass is 35.5. The van der Waals surface area contributed by atoms with Crippen LogP contribution in [0.4, 0.5) is 11.6 Å². The molecule has 1 aliphatic carbocycles. The van der Waals surface area contributed by atoms with Gasteiger partial charge in [-0.05, 0) is 63.6 Å². The van der Waals surface area contributed by atoms with Gasteiger partial charge in [0.25, 0.3) is 0 Å². The Morgan fingerprint density at radius 2 is 1.91 bits per heavy atom. The van der Waals surface area contributed by atoms with Gasteiger partial charge in [-0.2, -0.15) is 0 Å². The zero-order valence-electron chi connectivity index (χ0n) is 20.9. The van der Waals surface area contributed by atoms with Gasteiger partial charge in [0.1, 0.15) is 11.6 Å². The zero-order valence-corrected chi connectivity index (χ0v) is 21.6. The Kier molecular flexibility index (Phi) is 9.19. The van der Waals surface area contributed by atoms with Gasteiger partial charge in [0.15, 0.2) is 0 Å². The predicted octanol–water partition coefficient (Wildman–Crippen LogP) is 4.06. The molecule has 3 heterocycles. The SMILES string of the molecule is COC[C@H](C)N[C@H]1CC[C@H](Nc2cc(-c3cccc(NCC4(N)CCOCC4)n3)c(Cl)cn2)CC1. The van der Waals surface area contributed by atoms with Gasteiger partial charge in [0, 0.05) is 62.3 Å². The Balaban J connectivity index is 1.36. The van der Waals surface area contributed by atoms with Gasteiger partial charge in [0.2, 0.25) is 0 Å². The number of nitrogens with zero attached hydrogens (tertiary/aromatic N) is 2. The number of pyridine rings is 2. The molecule has 1 saturated heterocycles. The lowest BCUT2D eigenvalue weighted by molar-refractivity contribution is 0.0574. The van der Waals surface area contributed by atoms with Crippen LogP contribution < -0.4 is 21.7 Å². The van der Waals surface area contributed by atoms with Crippen molar-refractivity contribution in [3.8, 4) is 11.3 Å². The number of ether oxygens (including phenoxy) is 2. The molecular weight excluding hydrogens is 464 g/mol. The van der Waals surface area contributed by atoms with Crippen LogP contribution in [0.5, 0.6) is 0 Å². The van der Waals surface area contributed by atoms with E-state index >= 15 is 0 Å². The number of anilines is 2. The van der Waals surface area contributed by atoms with Crippen LogP contribution in [-0.4, -0.2) is 67.1 Å². The summed E-state index contributed by atoms with van der Waals surface area (Å²) in [6, 6.07) is 9.23. The topological polar surface area (TPSA) is 106 Å². The van der Waals surface area contributed by atoms with E-state index in [-0.39, 0.29) is 5.54 Å². The van der Waals surface area contributed by atoms with Crippen LogP contribution >= 0.6 is 11.6 Å². The van der Waals surface area contributed by atoms with Crippen molar-refractivity contribution >= 4 is 23.2 Å². The standard InChI is InChI=1S/C26H39ClN6O2/c1-18(16-34-2)31-19-6-8-20(9-7-19)32-25-14-21(22(27)15-29-25)23-4-3-5-24(33-23)30-17-26(28)10-12-35-13-11-26/h3-5,14-15,18-20,31H,6-13,16-17,28H2,1-2H3,(H,29,32)(H,30,33)/t18-,19-,20-/m0/s1. The molecule has 0 spiro atoms. The molecule has 4 rings (SSSR count). The number of aromatic nitrogens is 2. The monoisotopic (exact) mass is 502 g/mol. The molecule has 9 heteroatoms. The largest absolute Gasteiger partial charge is 0.383 e. The molecule has 2 aromatic heterocycles. The Labute approximate surface area is 213 Å². The summed E-state index contributed by atoms with van der Waals surface area (Å²) in [5, 5.41) is 11.3. The minimum absolute atomic E-state index is 0.266. The van der Waals surface area contributed by atoms with Crippen molar-refractivity contribution in [3.05, 3.63) is 35.5 Å². The Bertz CT molecular complexity index is 947. The first-order valence-corrected chi connectivity index (χ1v) is 13.1. The second-order valence-corrected chi connectivity index (χ2v) is 10.4. The van der Waals surface area contributed by atoms with Crippen molar-refractivity contribution < 1.29 is 9.47 Å². The average Bonchev–Trinajstić information content (AvgIpc) is 2.86. The highest BCUT2D eigenvalue weighted by molar-refractivity contribution is 6.33. The van der Waals surface area contributed by atoms with E-state index in [1.165, 1.54) is 0 Å². The Morgan fingerprint density at radius 3 is 2.66 bits per heavy atom. The van der Waals surface area contributed by atoms with Crippen molar-refractivity contribution in [2.45, 2.75) is 69.1 Å². The van der Waals surface area contributed by atoms with Gasteiger partial charge in [0.05, 0.1) is 17.3 Å². The smallest absolute Gasteiger partial charge is 0.126 e. The second kappa shape index (κ2) is 12.3. The molecule has 0 bridgehead atoms. The number of hydrogen-bond acceptors (Lipinski definition) is 8. The fraction of sp³-hybridized carbons (Fsp3) is 0.615. The van der Waals surface area contributed by atoms with E-state index in [2.05, 4.69) is 27.9 Å². The number of hydrogen-bond donors (Lipinski definition) is 4. The Hall–Kier alpha value is -1.97. The maximum absolute atomic E-state index is 6.54. The zero-order chi connectivity index (χ0) is 24.7. The first-order valence-electron chi connectivity index (χ1n) is 12.7. The van der Waals surface area contributed by atoms with E-state index in [1.807, 2.05) is 24.3 Å². The molecule has 1 atom stereocenters. The summed E-state index contributed by atoms with van der Waals surface area (Å²) >= 11 is 6.54. The molecule has 0 amide bonds. The summed E-state index contributed by atoms with van der Waals surface area (Å²) in [7, 11) is 1.75. The van der Waals surface area contributed by atoms with Gasteiger partial charge in [-0.25, -0.2) is 9.97 Å². The van der Waals surface area contributed by atoms with Gasteiger partial charge in [-0.15, -0.1) is 0 Å². The number of nitrogens with two attached hydrogens (primary N) is 1. The number of nitrogens with one attached hydrogen (secondary N) is 3. The van der Waals surface area contributed by atoms with Crippen LogP contribution in [0, 0.1) is 0 Å². The van der Waals surface area contributed by atoms with E-state index < -0.39 is 0 Å². The Morgan fingerprint density at radius 1 is 1.17 bits per heavy atom. The maximum Gasteiger partial charge on any atom is 0.126 e. The number of halogens is 1. The number of rotatable bonds is 10. The van der Waals surface area contributed by atoms with Gasteiger partial charge in [-0.3, -0.25) is 0 Å². The third-order valence-corrected chi connectivity index (χ3v) is 7.31. The first kappa shape index (κ1) is 26.1. The normalized spacial score (nSPS) is 23.0. The molecule has 0 radical (unpaired) electrons. The predicted molar refractivity (Wildman–Crippen MR) is 142 cm³/mol. The summed E-state index contributed by atoms with van der Waals surface area (Å²) in [5.41, 5.74) is 7.93. The first-order chi connectivity index (χ1) is 16.9. The molecule has 0 unspecified atom stereocenters. The molecule has 2 aliphatic rings. The van der Waals surface area contributed by atoms with Gasteiger partial charge in [-0.1, -0.05) is 17.7 Å². The lowest BCUT2D eigenvalue weighted by atomic mass is 9.90. The summed E-state index contributed by atoms with van der Waals surface area (Å²) in [4.78, 5) is 9.34. The van der Waals surface area contributed by atoms with Crippen molar-refractivity contribution in [2.24, 2.45) is 5.73 Å². The van der Waals surface area contributed by atoms with Crippen LogP contribution in [0.3, 0.4) is 0 Å². The molecule has 1 aliphatic heterocycles. The van der Waals surface area contributed by atoms with Crippen LogP contribution in [0.1, 0.15) is 45.4 Å². The van der Waals surface area contributed by atoms with E-state index in [0.717, 1.165) is 68.0 Å². The van der Waals surface area contributed by atoms with Crippen molar-refractivity contribution in [1.29, 1.82) is 0 Å². The quantitative estimate of drug-likeness (QED) is 0.385. The van der Waals surface area contributed by atoms with Crippen LogP contribution in [-0.2, 0) is 9.47 Å². The molecule has 0 aromatic carbocycles. The molecule has 1 saturated carbocycles. The van der Waals surface area contributed by atoms with Crippen molar-refractivity contribution in [3.63, 3.8) is 0 Å². The maximum atomic E-state index is 6.54. The van der Waals surface area contributed by atoms with Crippen molar-refractivity contribution in [1.82, 2.24) is 15.3 Å². The third kappa shape index (κ3) is 7.51. The highest BCUT2D eigenvalue weighted by Crippen LogP contribution is 2.30. The fourth-order valence-corrected chi connectivity index (χ4v) is 5.13. The summed E-state index contributed by atoms with van der Waals surface area (Å²) in [6.07, 6.45) is 7.86. The van der Waals surface area contributed by atoms with E-state index in [1.54, 1.807) is 13.3 Å². The van der Waals surface area contributed by atoms with Gasteiger partial charge < -0.3 is 31.2 Å². The summed E-state index contributed by atoms with van der Waals surface area (Å²) in [6.45, 7) is 4.98. The third-order valence-electron chi connectivity index (χ3n) is 7.01. The van der Waals surface area contributed by atoms with E-state index in [9.17, 15) is 0 Å². The summed E-state index contributed by atoms with van der Waals surface area (Å²) < 4.78 is 10.7. The minimum atomic E-state index is -0.266. The molecule has 2 fully saturated rings. The fourth-order valence-electron chi connectivity index (χ4n) is 4.93. The van der Waals surface area contributed by atoms with E-state index in [0.29, 0.717) is 42.9 Å². The second-order valence-electron chi connectivity index (χ2n) is 10.0. The lowest BCUT2D eigenvalue weighted by Crippen LogP contribution is -2.50. The van der Waals surface area contributed by atoms with E-state index in [4.69, 9.17) is 31.8 Å². The molecular formula is C26H39ClN6O2. The average molecular weight is 503 g/mol. The molecule has 5 N–H and O–H groups in total. The molecule has 2 aromatic rings. The van der Waals surface area contributed by atoms with Crippen LogP contribution in [0.2, 0.25) is 5.02 Å². The minimum Gasteiger partial charge on any atom is -0.383 e. The summed E-state index contributed by atoms with van der Waals surface area (Å²) in [5.74, 6) is 1.62. The highest BCUT2D eigenvalue weighted by Gasteiger charge is 2.28. The van der Waals surface area contributed by atoms with Crippen LogP contribution in [0.25, 0.3) is 11.3 Å². The van der Waals surface area contributed by atoms with Crippen LogP contribution in [0.15, 0.2) is 30.5 Å².